The molecule has 1 aromatic rings. The van der Waals surface area contributed by atoms with Crippen LogP contribution in [0.2, 0.25) is 0 Å². The van der Waals surface area contributed by atoms with Crippen molar-refractivity contribution in [3.63, 3.8) is 0 Å². The van der Waals surface area contributed by atoms with Gasteiger partial charge in [-0.25, -0.2) is 0 Å². The molecule has 1 aliphatic rings. The van der Waals surface area contributed by atoms with E-state index < -0.39 is 11.7 Å². The van der Waals surface area contributed by atoms with Gasteiger partial charge in [0.1, 0.15) is 0 Å². The summed E-state index contributed by atoms with van der Waals surface area (Å²) in [7, 11) is 0. The summed E-state index contributed by atoms with van der Waals surface area (Å²) in [4.78, 5) is 0. The van der Waals surface area contributed by atoms with Crippen LogP contribution in [-0.2, 0) is 6.18 Å². The molecular formula is C15H21F3N2. The van der Waals surface area contributed by atoms with Crippen LogP contribution in [-0.4, -0.2) is 12.6 Å². The Labute approximate surface area is 117 Å². The molecule has 1 aliphatic carbocycles. The van der Waals surface area contributed by atoms with Crippen molar-refractivity contribution in [3.05, 3.63) is 35.4 Å². The molecule has 1 saturated carbocycles. The SMILES string of the molecule is CC1CCC(NC(CN)c2ccc(C(F)(F)F)cc2)C1. The molecule has 0 saturated heterocycles. The van der Waals surface area contributed by atoms with Crippen LogP contribution in [0.25, 0.3) is 0 Å². The molecule has 0 heterocycles. The minimum atomic E-state index is -4.29. The first kappa shape index (κ1) is 15.3. The van der Waals surface area contributed by atoms with Crippen LogP contribution in [0.1, 0.15) is 43.4 Å². The fraction of sp³-hybridized carbons (Fsp3) is 0.600. The van der Waals surface area contributed by atoms with Gasteiger partial charge in [-0.2, -0.15) is 13.2 Å². The lowest BCUT2D eigenvalue weighted by atomic mass is 10.0. The largest absolute Gasteiger partial charge is 0.416 e. The van der Waals surface area contributed by atoms with Crippen LogP contribution in [0.5, 0.6) is 0 Å². The molecule has 2 rings (SSSR count). The van der Waals surface area contributed by atoms with Gasteiger partial charge in [0.05, 0.1) is 5.56 Å². The molecular weight excluding hydrogens is 265 g/mol. The number of rotatable bonds is 4. The highest BCUT2D eigenvalue weighted by molar-refractivity contribution is 5.27. The Morgan fingerprint density at radius 1 is 1.25 bits per heavy atom. The summed E-state index contributed by atoms with van der Waals surface area (Å²) in [6.45, 7) is 2.60. The summed E-state index contributed by atoms with van der Waals surface area (Å²) in [5.74, 6) is 0.707. The molecule has 2 nitrogen and oxygen atoms in total. The van der Waals surface area contributed by atoms with Crippen LogP contribution in [0.4, 0.5) is 13.2 Å². The van der Waals surface area contributed by atoms with E-state index in [4.69, 9.17) is 5.73 Å². The third kappa shape index (κ3) is 3.73. The summed E-state index contributed by atoms with van der Waals surface area (Å²) < 4.78 is 37.6. The summed E-state index contributed by atoms with van der Waals surface area (Å²) in [5.41, 5.74) is 5.96. The molecule has 3 N–H and O–H groups in total. The van der Waals surface area contributed by atoms with E-state index in [9.17, 15) is 13.2 Å². The van der Waals surface area contributed by atoms with E-state index in [0.717, 1.165) is 30.5 Å². The highest BCUT2D eigenvalue weighted by atomic mass is 19.4. The Kier molecular flexibility index (Phi) is 4.70. The topological polar surface area (TPSA) is 38.0 Å². The number of benzene rings is 1. The lowest BCUT2D eigenvalue weighted by Gasteiger charge is -2.22. The predicted octanol–water partition coefficient (Wildman–Crippen LogP) is 3.48. The molecule has 1 aromatic carbocycles. The number of hydrogen-bond acceptors (Lipinski definition) is 2. The molecule has 20 heavy (non-hydrogen) atoms. The fourth-order valence-electron chi connectivity index (χ4n) is 2.85. The van der Waals surface area contributed by atoms with Gasteiger partial charge in [-0.05, 0) is 42.9 Å². The zero-order valence-electron chi connectivity index (χ0n) is 11.6. The summed E-state index contributed by atoms with van der Waals surface area (Å²) in [6.07, 6.45) is -0.873. The molecule has 3 atom stereocenters. The van der Waals surface area contributed by atoms with Gasteiger partial charge in [-0.3, -0.25) is 0 Å². The van der Waals surface area contributed by atoms with Crippen LogP contribution >= 0.6 is 0 Å². The van der Waals surface area contributed by atoms with Gasteiger partial charge >= 0.3 is 6.18 Å². The van der Waals surface area contributed by atoms with E-state index in [1.807, 2.05) is 0 Å². The molecule has 3 unspecified atom stereocenters. The van der Waals surface area contributed by atoms with E-state index >= 15 is 0 Å². The first-order chi connectivity index (χ1) is 9.40. The summed E-state index contributed by atoms with van der Waals surface area (Å²) >= 11 is 0. The standard InChI is InChI=1S/C15H21F3N2/c1-10-2-7-13(8-10)20-14(9-19)11-3-5-12(6-4-11)15(16,17)18/h3-6,10,13-14,20H,2,7-9,19H2,1H3. The zero-order valence-corrected chi connectivity index (χ0v) is 11.6. The molecule has 0 aliphatic heterocycles. The first-order valence-electron chi connectivity index (χ1n) is 7.03. The minimum Gasteiger partial charge on any atom is -0.329 e. The Morgan fingerprint density at radius 3 is 2.35 bits per heavy atom. The predicted molar refractivity (Wildman–Crippen MR) is 73.2 cm³/mol. The van der Waals surface area contributed by atoms with Gasteiger partial charge in [0.25, 0.3) is 0 Å². The van der Waals surface area contributed by atoms with Crippen LogP contribution in [0, 0.1) is 5.92 Å². The third-order valence-electron chi connectivity index (χ3n) is 4.01. The van der Waals surface area contributed by atoms with Crippen LogP contribution in [0.15, 0.2) is 24.3 Å². The molecule has 1 fully saturated rings. The van der Waals surface area contributed by atoms with Crippen molar-refractivity contribution in [1.29, 1.82) is 0 Å². The summed E-state index contributed by atoms with van der Waals surface area (Å²) in [5, 5.41) is 3.46. The second-order valence-corrected chi connectivity index (χ2v) is 5.69. The smallest absolute Gasteiger partial charge is 0.329 e. The molecule has 0 bridgehead atoms. The zero-order chi connectivity index (χ0) is 14.8. The number of hydrogen-bond donors (Lipinski definition) is 2. The third-order valence-corrected chi connectivity index (χ3v) is 4.01. The van der Waals surface area contributed by atoms with Crippen molar-refractivity contribution >= 4 is 0 Å². The fourth-order valence-corrected chi connectivity index (χ4v) is 2.85. The van der Waals surface area contributed by atoms with Gasteiger partial charge in [0.15, 0.2) is 0 Å². The average molecular weight is 286 g/mol. The molecule has 112 valence electrons. The Hall–Kier alpha value is -1.07. The molecule has 0 aromatic heterocycles. The van der Waals surface area contributed by atoms with Gasteiger partial charge in [-0.15, -0.1) is 0 Å². The minimum absolute atomic E-state index is 0.0763. The van der Waals surface area contributed by atoms with Gasteiger partial charge in [-0.1, -0.05) is 19.1 Å². The second-order valence-electron chi connectivity index (χ2n) is 5.69. The number of nitrogens with two attached hydrogens (primary N) is 1. The van der Waals surface area contributed by atoms with Gasteiger partial charge in [0, 0.05) is 18.6 Å². The van der Waals surface area contributed by atoms with E-state index in [1.54, 1.807) is 0 Å². The molecule has 0 spiro atoms. The maximum atomic E-state index is 12.5. The lowest BCUT2D eigenvalue weighted by molar-refractivity contribution is -0.137. The van der Waals surface area contributed by atoms with Crippen molar-refractivity contribution in [3.8, 4) is 0 Å². The second kappa shape index (κ2) is 6.14. The van der Waals surface area contributed by atoms with Crippen molar-refractivity contribution in [2.45, 2.75) is 44.4 Å². The molecule has 0 amide bonds. The van der Waals surface area contributed by atoms with E-state index in [1.165, 1.54) is 18.6 Å². The molecule has 5 heteroatoms. The Balaban J connectivity index is 2.04. The number of nitrogens with one attached hydrogen (secondary N) is 1. The molecule has 0 radical (unpaired) electrons. The van der Waals surface area contributed by atoms with Gasteiger partial charge in [0.2, 0.25) is 0 Å². The lowest BCUT2D eigenvalue weighted by Crippen LogP contribution is -2.35. The number of halogens is 3. The monoisotopic (exact) mass is 286 g/mol. The highest BCUT2D eigenvalue weighted by Crippen LogP contribution is 2.31. The van der Waals surface area contributed by atoms with E-state index in [2.05, 4.69) is 12.2 Å². The quantitative estimate of drug-likeness (QED) is 0.889. The van der Waals surface area contributed by atoms with Crippen molar-refractivity contribution in [1.82, 2.24) is 5.32 Å². The van der Waals surface area contributed by atoms with Crippen molar-refractivity contribution in [2.75, 3.05) is 6.54 Å². The first-order valence-corrected chi connectivity index (χ1v) is 7.03. The van der Waals surface area contributed by atoms with Crippen LogP contribution in [0.3, 0.4) is 0 Å². The van der Waals surface area contributed by atoms with E-state index in [0.29, 0.717) is 18.5 Å². The normalized spacial score (nSPS) is 24.9. The highest BCUT2D eigenvalue weighted by Gasteiger charge is 2.30. The maximum Gasteiger partial charge on any atom is 0.416 e. The van der Waals surface area contributed by atoms with Crippen molar-refractivity contribution in [2.24, 2.45) is 11.7 Å². The maximum absolute atomic E-state index is 12.5. The Morgan fingerprint density at radius 2 is 1.90 bits per heavy atom. The summed E-state index contributed by atoms with van der Waals surface area (Å²) in [6, 6.07) is 5.62. The van der Waals surface area contributed by atoms with E-state index in [-0.39, 0.29) is 6.04 Å². The van der Waals surface area contributed by atoms with Crippen LogP contribution < -0.4 is 11.1 Å². The average Bonchev–Trinajstić information content (AvgIpc) is 2.81. The van der Waals surface area contributed by atoms with Crippen molar-refractivity contribution < 1.29 is 13.2 Å². The Bertz CT molecular complexity index is 428. The van der Waals surface area contributed by atoms with Gasteiger partial charge < -0.3 is 11.1 Å². The number of alkyl halides is 3.